The van der Waals surface area contributed by atoms with Crippen molar-refractivity contribution in [3.8, 4) is 0 Å². The molecular formula is C18H26N2O2S. The number of nitrogens with one attached hydrogen (secondary N) is 1. The summed E-state index contributed by atoms with van der Waals surface area (Å²) in [6, 6.07) is 2.38. The van der Waals surface area contributed by atoms with Gasteiger partial charge in [-0.25, -0.2) is 0 Å². The summed E-state index contributed by atoms with van der Waals surface area (Å²) in [6.45, 7) is 0. The molecule has 0 radical (unpaired) electrons. The Bertz CT molecular complexity index is 588. The van der Waals surface area contributed by atoms with Crippen LogP contribution in [0.1, 0.15) is 58.6 Å². The average Bonchev–Trinajstić information content (AvgIpc) is 2.97. The molecule has 3 rings (SSSR count). The molecule has 1 N–H and O–H groups in total. The molecule has 1 heterocycles. The third-order valence-corrected chi connectivity index (χ3v) is 6.25. The first-order valence-electron chi connectivity index (χ1n) is 8.68. The molecule has 5 heteroatoms. The van der Waals surface area contributed by atoms with Gasteiger partial charge < -0.3 is 10.2 Å². The molecule has 126 valence electrons. The van der Waals surface area contributed by atoms with E-state index in [2.05, 4.69) is 5.32 Å². The largest absolute Gasteiger partial charge is 0.353 e. The first-order valence-corrected chi connectivity index (χ1v) is 9.50. The molecule has 1 aromatic heterocycles. The number of nitrogens with zero attached hydrogens (tertiary/aromatic N) is 1. The van der Waals surface area contributed by atoms with Crippen LogP contribution in [0.4, 0.5) is 0 Å². The maximum Gasteiger partial charge on any atom is 0.263 e. The second-order valence-corrected chi connectivity index (χ2v) is 8.18. The number of hydrogen-bond donors (Lipinski definition) is 1. The van der Waals surface area contributed by atoms with Crippen LogP contribution in [0.25, 0.3) is 0 Å². The Morgan fingerprint density at radius 1 is 1.17 bits per heavy atom. The quantitative estimate of drug-likeness (QED) is 0.924. The van der Waals surface area contributed by atoms with Crippen molar-refractivity contribution in [3.63, 3.8) is 0 Å². The van der Waals surface area contributed by atoms with E-state index in [0.717, 1.165) is 37.0 Å². The van der Waals surface area contributed by atoms with E-state index in [1.165, 1.54) is 29.7 Å². The molecule has 1 unspecified atom stereocenters. The van der Waals surface area contributed by atoms with Crippen LogP contribution in [0.2, 0.25) is 0 Å². The molecule has 1 aromatic rings. The lowest BCUT2D eigenvalue weighted by molar-refractivity contribution is -0.126. The van der Waals surface area contributed by atoms with Gasteiger partial charge in [-0.2, -0.15) is 0 Å². The van der Waals surface area contributed by atoms with Crippen molar-refractivity contribution in [2.75, 3.05) is 14.1 Å². The van der Waals surface area contributed by atoms with E-state index in [9.17, 15) is 9.59 Å². The molecule has 2 aliphatic carbocycles. The summed E-state index contributed by atoms with van der Waals surface area (Å²) in [5, 5.41) is 3.26. The molecule has 2 amide bonds. The van der Waals surface area contributed by atoms with Crippen LogP contribution < -0.4 is 5.32 Å². The standard InChI is InChI=1S/C18H26N2O2S/c1-20(2)18(22)16-11-13-10-12(8-9-15(13)23-16)17(21)19-14-6-4-3-5-7-14/h11-12,14H,3-10H2,1-2H3,(H,19,21). The maximum atomic E-state index is 12.5. The Morgan fingerprint density at radius 2 is 1.91 bits per heavy atom. The van der Waals surface area contributed by atoms with Gasteiger partial charge in [0.1, 0.15) is 0 Å². The van der Waals surface area contributed by atoms with Crippen LogP contribution >= 0.6 is 11.3 Å². The zero-order valence-corrected chi connectivity index (χ0v) is 14.9. The van der Waals surface area contributed by atoms with Gasteiger partial charge in [0.15, 0.2) is 0 Å². The molecule has 1 saturated carbocycles. The number of thiophene rings is 1. The Labute approximate surface area is 142 Å². The summed E-state index contributed by atoms with van der Waals surface area (Å²) < 4.78 is 0. The number of hydrogen-bond acceptors (Lipinski definition) is 3. The molecule has 0 aromatic carbocycles. The van der Waals surface area contributed by atoms with Crippen molar-refractivity contribution in [3.05, 3.63) is 21.4 Å². The number of amides is 2. The number of carbonyl (C=O) groups excluding carboxylic acids is 2. The van der Waals surface area contributed by atoms with Gasteiger partial charge in [0.25, 0.3) is 5.91 Å². The Morgan fingerprint density at radius 3 is 2.61 bits per heavy atom. The second kappa shape index (κ2) is 7.04. The minimum atomic E-state index is 0.0626. The first kappa shape index (κ1) is 16.5. The van der Waals surface area contributed by atoms with Gasteiger partial charge in [0.05, 0.1) is 4.88 Å². The molecule has 0 bridgehead atoms. The van der Waals surface area contributed by atoms with Crippen molar-refractivity contribution in [2.45, 2.75) is 57.4 Å². The highest BCUT2D eigenvalue weighted by Crippen LogP contribution is 2.33. The predicted octanol–water partition coefficient (Wildman–Crippen LogP) is 3.00. The minimum absolute atomic E-state index is 0.0626. The molecule has 2 aliphatic rings. The van der Waals surface area contributed by atoms with Gasteiger partial charge in [-0.15, -0.1) is 11.3 Å². The van der Waals surface area contributed by atoms with Crippen LogP contribution in [0.3, 0.4) is 0 Å². The Kier molecular flexibility index (Phi) is 5.05. The molecule has 1 fully saturated rings. The smallest absolute Gasteiger partial charge is 0.263 e. The van der Waals surface area contributed by atoms with E-state index in [0.29, 0.717) is 6.04 Å². The molecule has 0 spiro atoms. The minimum Gasteiger partial charge on any atom is -0.353 e. The first-order chi connectivity index (χ1) is 11.0. The van der Waals surface area contributed by atoms with Crippen molar-refractivity contribution < 1.29 is 9.59 Å². The highest BCUT2D eigenvalue weighted by molar-refractivity contribution is 7.14. The average molecular weight is 334 g/mol. The van der Waals surface area contributed by atoms with Crippen LogP contribution in [0, 0.1) is 5.92 Å². The van der Waals surface area contributed by atoms with E-state index in [1.807, 2.05) is 6.07 Å². The summed E-state index contributed by atoms with van der Waals surface area (Å²) in [4.78, 5) is 28.3. The number of carbonyl (C=O) groups is 2. The normalized spacial score (nSPS) is 21.6. The molecular weight excluding hydrogens is 308 g/mol. The third-order valence-electron chi connectivity index (χ3n) is 5.02. The summed E-state index contributed by atoms with van der Waals surface area (Å²) in [5.41, 5.74) is 1.20. The number of fused-ring (bicyclic) bond motifs is 1. The van der Waals surface area contributed by atoms with E-state index in [4.69, 9.17) is 0 Å². The zero-order chi connectivity index (χ0) is 16.4. The molecule has 0 saturated heterocycles. The van der Waals surface area contributed by atoms with Gasteiger partial charge in [-0.3, -0.25) is 9.59 Å². The van der Waals surface area contributed by atoms with E-state index >= 15 is 0 Å². The van der Waals surface area contributed by atoms with Gasteiger partial charge >= 0.3 is 0 Å². The van der Waals surface area contributed by atoms with Gasteiger partial charge in [0.2, 0.25) is 5.91 Å². The van der Waals surface area contributed by atoms with Crippen LogP contribution in [0.15, 0.2) is 6.07 Å². The number of rotatable bonds is 3. The molecule has 4 nitrogen and oxygen atoms in total. The summed E-state index contributed by atoms with van der Waals surface area (Å²) in [6.07, 6.45) is 8.64. The molecule has 1 atom stereocenters. The van der Waals surface area contributed by atoms with E-state index in [1.54, 1.807) is 30.3 Å². The lowest BCUT2D eigenvalue weighted by Crippen LogP contribution is -2.41. The van der Waals surface area contributed by atoms with Crippen molar-refractivity contribution >= 4 is 23.2 Å². The lowest BCUT2D eigenvalue weighted by atomic mass is 9.87. The fourth-order valence-corrected chi connectivity index (χ4v) is 4.87. The monoisotopic (exact) mass is 334 g/mol. The highest BCUT2D eigenvalue weighted by Gasteiger charge is 2.29. The SMILES string of the molecule is CN(C)C(=O)c1cc2c(s1)CCC(C(=O)NC1CCCCC1)C2. The van der Waals surface area contributed by atoms with Crippen molar-refractivity contribution in [2.24, 2.45) is 5.92 Å². The predicted molar refractivity (Wildman–Crippen MR) is 92.9 cm³/mol. The maximum absolute atomic E-state index is 12.5. The van der Waals surface area contributed by atoms with Gasteiger partial charge in [0, 0.05) is 30.9 Å². The summed E-state index contributed by atoms with van der Waals surface area (Å²) >= 11 is 1.60. The summed E-state index contributed by atoms with van der Waals surface area (Å²) in [5.74, 6) is 0.350. The molecule has 23 heavy (non-hydrogen) atoms. The van der Waals surface area contributed by atoms with E-state index in [-0.39, 0.29) is 17.7 Å². The Balaban J connectivity index is 1.63. The fourth-order valence-electron chi connectivity index (χ4n) is 3.64. The second-order valence-electron chi connectivity index (χ2n) is 7.04. The summed E-state index contributed by atoms with van der Waals surface area (Å²) in [7, 11) is 3.56. The van der Waals surface area contributed by atoms with Crippen LogP contribution in [-0.4, -0.2) is 36.9 Å². The van der Waals surface area contributed by atoms with Crippen LogP contribution in [-0.2, 0) is 17.6 Å². The van der Waals surface area contributed by atoms with Gasteiger partial charge in [-0.05, 0) is 43.7 Å². The van der Waals surface area contributed by atoms with Crippen molar-refractivity contribution in [1.29, 1.82) is 0 Å². The topological polar surface area (TPSA) is 49.4 Å². The van der Waals surface area contributed by atoms with Crippen molar-refractivity contribution in [1.82, 2.24) is 10.2 Å². The highest BCUT2D eigenvalue weighted by atomic mass is 32.1. The van der Waals surface area contributed by atoms with Crippen LogP contribution in [0.5, 0.6) is 0 Å². The zero-order valence-electron chi connectivity index (χ0n) is 14.1. The third kappa shape index (κ3) is 3.77. The lowest BCUT2D eigenvalue weighted by Gasteiger charge is -2.27. The molecule has 0 aliphatic heterocycles. The van der Waals surface area contributed by atoms with Gasteiger partial charge in [-0.1, -0.05) is 19.3 Å². The Hall–Kier alpha value is -1.36. The number of aryl methyl sites for hydroxylation is 1. The van der Waals surface area contributed by atoms with E-state index < -0.39 is 0 Å². The fraction of sp³-hybridized carbons (Fsp3) is 0.667.